The zero-order valence-electron chi connectivity index (χ0n) is 7.60. The lowest BCUT2D eigenvalue weighted by Crippen LogP contribution is -2.07. The fraction of sp³-hybridized carbons (Fsp3) is 0.625. The lowest BCUT2D eigenvalue weighted by Gasteiger charge is -1.98. The fourth-order valence-corrected chi connectivity index (χ4v) is 1.25. The molecule has 1 rings (SSSR count). The molecule has 11 heavy (non-hydrogen) atoms. The molecule has 0 saturated heterocycles. The average Bonchev–Trinajstić information content (AvgIpc) is 2.17. The highest BCUT2D eigenvalue weighted by Crippen LogP contribution is 2.10. The first-order chi connectivity index (χ1) is 5.16. The minimum Gasteiger partial charge on any atom is -0.316 e. The molecule has 1 aromatic rings. The van der Waals surface area contributed by atoms with Gasteiger partial charge in [-0.1, -0.05) is 0 Å². The fourth-order valence-electron chi connectivity index (χ4n) is 1.25. The van der Waals surface area contributed by atoms with E-state index in [4.69, 9.17) is 0 Å². The van der Waals surface area contributed by atoms with Crippen molar-refractivity contribution in [1.82, 2.24) is 15.1 Å². The summed E-state index contributed by atoms with van der Waals surface area (Å²) in [5, 5.41) is 7.43. The van der Waals surface area contributed by atoms with Crippen LogP contribution in [0.5, 0.6) is 0 Å². The van der Waals surface area contributed by atoms with Crippen LogP contribution in [0.4, 0.5) is 0 Å². The smallest absolute Gasteiger partial charge is 0.0641 e. The molecule has 1 N–H and O–H groups in total. The van der Waals surface area contributed by atoms with Crippen molar-refractivity contribution in [2.24, 2.45) is 7.05 Å². The Morgan fingerprint density at radius 2 is 2.09 bits per heavy atom. The molecule has 0 atom stereocenters. The van der Waals surface area contributed by atoms with E-state index < -0.39 is 0 Å². The number of aryl methyl sites for hydroxylation is 2. The second-order valence-electron chi connectivity index (χ2n) is 2.80. The summed E-state index contributed by atoms with van der Waals surface area (Å²) in [7, 11) is 3.92. The second-order valence-corrected chi connectivity index (χ2v) is 2.80. The van der Waals surface area contributed by atoms with Gasteiger partial charge in [-0.2, -0.15) is 5.10 Å². The number of aromatic nitrogens is 2. The van der Waals surface area contributed by atoms with Crippen molar-refractivity contribution in [3.8, 4) is 0 Å². The van der Waals surface area contributed by atoms with Crippen LogP contribution in [0.1, 0.15) is 17.0 Å². The molecule has 0 unspecified atom stereocenters. The molecule has 0 amide bonds. The Kier molecular flexibility index (Phi) is 2.29. The van der Waals surface area contributed by atoms with Crippen LogP contribution >= 0.6 is 0 Å². The standard InChI is InChI=1S/C8H15N3/c1-6-8(5-9-3)7(2)11(4)10-6/h9H,5H2,1-4H3. The lowest BCUT2D eigenvalue weighted by molar-refractivity contribution is 0.727. The first-order valence-electron chi connectivity index (χ1n) is 3.80. The first-order valence-corrected chi connectivity index (χ1v) is 3.80. The predicted molar refractivity (Wildman–Crippen MR) is 45.4 cm³/mol. The Bertz CT molecular complexity index is 250. The molecule has 0 saturated carbocycles. The van der Waals surface area contributed by atoms with Crippen molar-refractivity contribution in [2.45, 2.75) is 20.4 Å². The highest BCUT2D eigenvalue weighted by molar-refractivity contribution is 5.23. The highest BCUT2D eigenvalue weighted by atomic mass is 15.3. The van der Waals surface area contributed by atoms with Gasteiger partial charge in [-0.25, -0.2) is 0 Å². The van der Waals surface area contributed by atoms with E-state index in [9.17, 15) is 0 Å². The number of nitrogens with zero attached hydrogens (tertiary/aromatic N) is 2. The Morgan fingerprint density at radius 3 is 2.45 bits per heavy atom. The van der Waals surface area contributed by atoms with Gasteiger partial charge < -0.3 is 5.32 Å². The summed E-state index contributed by atoms with van der Waals surface area (Å²) in [5.41, 5.74) is 3.69. The van der Waals surface area contributed by atoms with E-state index in [1.165, 1.54) is 11.3 Å². The van der Waals surface area contributed by atoms with Crippen molar-refractivity contribution in [1.29, 1.82) is 0 Å². The zero-order chi connectivity index (χ0) is 8.43. The molecule has 0 aliphatic heterocycles. The molecule has 0 bridgehead atoms. The van der Waals surface area contributed by atoms with Gasteiger partial charge in [0.05, 0.1) is 5.69 Å². The lowest BCUT2D eigenvalue weighted by atomic mass is 10.2. The second kappa shape index (κ2) is 3.05. The van der Waals surface area contributed by atoms with Gasteiger partial charge in [0.1, 0.15) is 0 Å². The zero-order valence-corrected chi connectivity index (χ0v) is 7.60. The van der Waals surface area contributed by atoms with E-state index in [1.54, 1.807) is 0 Å². The van der Waals surface area contributed by atoms with Gasteiger partial charge in [0.15, 0.2) is 0 Å². The van der Waals surface area contributed by atoms with Crippen LogP contribution in [0.3, 0.4) is 0 Å². The van der Waals surface area contributed by atoms with Gasteiger partial charge in [0, 0.05) is 24.8 Å². The van der Waals surface area contributed by atoms with E-state index in [1.807, 2.05) is 25.7 Å². The summed E-state index contributed by atoms with van der Waals surface area (Å²) in [5.74, 6) is 0. The monoisotopic (exact) mass is 153 g/mol. The molecule has 62 valence electrons. The van der Waals surface area contributed by atoms with Gasteiger partial charge in [-0.05, 0) is 20.9 Å². The van der Waals surface area contributed by atoms with Crippen molar-refractivity contribution in [3.63, 3.8) is 0 Å². The summed E-state index contributed by atoms with van der Waals surface area (Å²) in [6.45, 7) is 5.04. The average molecular weight is 153 g/mol. The molecule has 0 radical (unpaired) electrons. The Labute approximate surface area is 67.4 Å². The Hall–Kier alpha value is -0.830. The maximum Gasteiger partial charge on any atom is 0.0641 e. The minimum absolute atomic E-state index is 0.908. The van der Waals surface area contributed by atoms with Crippen molar-refractivity contribution in [3.05, 3.63) is 17.0 Å². The summed E-state index contributed by atoms with van der Waals surface area (Å²) < 4.78 is 1.92. The quantitative estimate of drug-likeness (QED) is 0.679. The van der Waals surface area contributed by atoms with Crippen LogP contribution in [-0.4, -0.2) is 16.8 Å². The molecule has 3 nitrogen and oxygen atoms in total. The van der Waals surface area contributed by atoms with Gasteiger partial charge in [0.25, 0.3) is 0 Å². The molecule has 0 aromatic carbocycles. The normalized spacial score (nSPS) is 10.5. The maximum atomic E-state index is 4.31. The summed E-state index contributed by atoms with van der Waals surface area (Å²) in [6.07, 6.45) is 0. The largest absolute Gasteiger partial charge is 0.316 e. The summed E-state index contributed by atoms with van der Waals surface area (Å²) in [6, 6.07) is 0. The van der Waals surface area contributed by atoms with E-state index in [-0.39, 0.29) is 0 Å². The van der Waals surface area contributed by atoms with Crippen molar-refractivity contribution < 1.29 is 0 Å². The third-order valence-electron chi connectivity index (χ3n) is 2.01. The molecule has 1 heterocycles. The third-order valence-corrected chi connectivity index (χ3v) is 2.01. The highest BCUT2D eigenvalue weighted by Gasteiger charge is 2.06. The van der Waals surface area contributed by atoms with Gasteiger partial charge in [0.2, 0.25) is 0 Å². The third kappa shape index (κ3) is 1.43. The van der Waals surface area contributed by atoms with E-state index >= 15 is 0 Å². The molecule has 3 heteroatoms. The van der Waals surface area contributed by atoms with Crippen molar-refractivity contribution in [2.75, 3.05) is 7.05 Å². The summed E-state index contributed by atoms with van der Waals surface area (Å²) >= 11 is 0. The number of hydrogen-bond acceptors (Lipinski definition) is 2. The van der Waals surface area contributed by atoms with E-state index in [0.717, 1.165) is 12.2 Å². The topological polar surface area (TPSA) is 29.9 Å². The van der Waals surface area contributed by atoms with E-state index in [2.05, 4.69) is 17.3 Å². The van der Waals surface area contributed by atoms with E-state index in [0.29, 0.717) is 0 Å². The van der Waals surface area contributed by atoms with Crippen molar-refractivity contribution >= 4 is 0 Å². The summed E-state index contributed by atoms with van der Waals surface area (Å²) in [4.78, 5) is 0. The van der Waals surface area contributed by atoms with Gasteiger partial charge in [-0.3, -0.25) is 4.68 Å². The van der Waals surface area contributed by atoms with Crippen LogP contribution in [-0.2, 0) is 13.6 Å². The number of hydrogen-bond donors (Lipinski definition) is 1. The molecular weight excluding hydrogens is 138 g/mol. The first kappa shape index (κ1) is 8.27. The Morgan fingerprint density at radius 1 is 1.45 bits per heavy atom. The van der Waals surface area contributed by atoms with Gasteiger partial charge >= 0.3 is 0 Å². The van der Waals surface area contributed by atoms with Crippen LogP contribution in [0, 0.1) is 13.8 Å². The molecule has 0 fully saturated rings. The molecular formula is C8H15N3. The van der Waals surface area contributed by atoms with Gasteiger partial charge in [-0.15, -0.1) is 0 Å². The molecule has 1 aromatic heterocycles. The maximum absolute atomic E-state index is 4.31. The molecule has 0 spiro atoms. The Balaban J connectivity index is 3.02. The van der Waals surface area contributed by atoms with Crippen LogP contribution in [0.15, 0.2) is 0 Å². The van der Waals surface area contributed by atoms with Crippen LogP contribution in [0.25, 0.3) is 0 Å². The van der Waals surface area contributed by atoms with Crippen LogP contribution < -0.4 is 5.32 Å². The predicted octanol–water partition coefficient (Wildman–Crippen LogP) is 0.756. The SMILES string of the molecule is CNCc1c(C)nn(C)c1C. The van der Waals surface area contributed by atoms with Crippen LogP contribution in [0.2, 0.25) is 0 Å². The molecule has 0 aliphatic rings. The molecule has 0 aliphatic carbocycles. The number of rotatable bonds is 2. The number of nitrogens with one attached hydrogen (secondary N) is 1. The minimum atomic E-state index is 0.908.